The van der Waals surface area contributed by atoms with Gasteiger partial charge in [-0.3, -0.25) is 9.59 Å². The van der Waals surface area contributed by atoms with Crippen molar-refractivity contribution in [3.63, 3.8) is 0 Å². The minimum Gasteiger partial charge on any atom is -0.454 e. The van der Waals surface area contributed by atoms with Crippen molar-refractivity contribution in [2.75, 3.05) is 30.6 Å². The van der Waals surface area contributed by atoms with Crippen LogP contribution >= 0.6 is 11.8 Å². The first-order chi connectivity index (χ1) is 13.5. The molecule has 0 spiro atoms. The van der Waals surface area contributed by atoms with Crippen molar-refractivity contribution in [2.24, 2.45) is 0 Å². The number of nitrogens with one attached hydrogen (secondary N) is 1. The minimum absolute atomic E-state index is 0.349. The van der Waals surface area contributed by atoms with E-state index in [1.807, 2.05) is 30.5 Å². The molecule has 0 aromatic heterocycles. The summed E-state index contributed by atoms with van der Waals surface area (Å²) >= 11 is 1.56. The van der Waals surface area contributed by atoms with E-state index >= 15 is 0 Å². The van der Waals surface area contributed by atoms with Gasteiger partial charge in [-0.2, -0.15) is 11.8 Å². The van der Waals surface area contributed by atoms with Crippen molar-refractivity contribution in [3.05, 3.63) is 66.2 Å². The Morgan fingerprint density at radius 3 is 2.25 bits per heavy atom. The molecule has 2 amide bonds. The van der Waals surface area contributed by atoms with E-state index in [0.29, 0.717) is 23.4 Å². The van der Waals surface area contributed by atoms with Gasteiger partial charge in [-0.1, -0.05) is 36.4 Å². The Balaban J connectivity index is 1.94. The molecule has 0 aliphatic carbocycles. The van der Waals surface area contributed by atoms with Crippen LogP contribution in [-0.4, -0.2) is 49.5 Å². The van der Waals surface area contributed by atoms with E-state index in [-0.39, 0.29) is 18.4 Å². The summed E-state index contributed by atoms with van der Waals surface area (Å²) in [4.78, 5) is 38.5. The Hall–Kier alpha value is -2.80. The van der Waals surface area contributed by atoms with Crippen LogP contribution in [-0.2, 0) is 14.3 Å². The summed E-state index contributed by atoms with van der Waals surface area (Å²) in [6.45, 7) is -0.388. The average molecular weight is 401 g/mol. The predicted molar refractivity (Wildman–Crippen MR) is 112 cm³/mol. The average Bonchev–Trinajstić information content (AvgIpc) is 2.75. The molecule has 1 atom stereocenters. The lowest BCUT2D eigenvalue weighted by Gasteiger charge is -2.20. The second kappa shape index (κ2) is 11.1. The van der Waals surface area contributed by atoms with E-state index in [1.165, 1.54) is 4.90 Å². The second-order valence-corrected chi connectivity index (χ2v) is 7.06. The number of carbonyl (C=O) groups is 3. The van der Waals surface area contributed by atoms with Crippen LogP contribution in [0.1, 0.15) is 16.8 Å². The van der Waals surface area contributed by atoms with Gasteiger partial charge in [-0.15, -0.1) is 0 Å². The van der Waals surface area contributed by atoms with Gasteiger partial charge in [0.15, 0.2) is 6.61 Å². The number of ether oxygens (including phenoxy) is 1. The Bertz CT molecular complexity index is 784. The fourth-order valence-corrected chi connectivity index (χ4v) is 2.91. The van der Waals surface area contributed by atoms with Crippen LogP contribution in [0.2, 0.25) is 0 Å². The Labute approximate surface area is 169 Å². The number of anilines is 1. The molecular formula is C21H24N2O4S. The van der Waals surface area contributed by atoms with Crippen molar-refractivity contribution in [3.8, 4) is 0 Å². The summed E-state index contributed by atoms with van der Waals surface area (Å²) < 4.78 is 5.19. The maximum atomic E-state index is 12.5. The summed E-state index contributed by atoms with van der Waals surface area (Å²) in [5, 5.41) is 2.70. The SMILES string of the molecule is CSCC[C@H](NC(=O)c1ccccc1)C(=O)OCC(=O)N(C)c1ccccc1. The molecule has 0 unspecified atom stereocenters. The Morgan fingerprint density at radius 1 is 1.04 bits per heavy atom. The first-order valence-corrected chi connectivity index (χ1v) is 10.3. The quantitative estimate of drug-likeness (QED) is 0.655. The topological polar surface area (TPSA) is 75.7 Å². The summed E-state index contributed by atoms with van der Waals surface area (Å²) in [5.41, 5.74) is 1.17. The molecule has 2 aromatic carbocycles. The third kappa shape index (κ3) is 6.42. The van der Waals surface area contributed by atoms with Gasteiger partial charge in [0, 0.05) is 18.3 Å². The molecule has 7 heteroatoms. The standard InChI is InChI=1S/C21H24N2O4S/c1-23(17-11-7-4-8-12-17)19(24)15-27-21(26)18(13-14-28-2)22-20(25)16-9-5-3-6-10-16/h3-12,18H,13-15H2,1-2H3,(H,22,25)/t18-/m0/s1. The predicted octanol–water partition coefficient (Wildman–Crippen LogP) is 2.74. The highest BCUT2D eigenvalue weighted by atomic mass is 32.2. The van der Waals surface area contributed by atoms with Crippen LogP contribution in [0.15, 0.2) is 60.7 Å². The van der Waals surface area contributed by atoms with Crippen molar-refractivity contribution in [2.45, 2.75) is 12.5 Å². The summed E-state index contributed by atoms with van der Waals surface area (Å²) in [5.74, 6) is -0.644. The molecule has 0 bridgehead atoms. The molecule has 0 aliphatic heterocycles. The van der Waals surface area contributed by atoms with Crippen LogP contribution in [0.5, 0.6) is 0 Å². The van der Waals surface area contributed by atoms with Crippen LogP contribution in [0.4, 0.5) is 5.69 Å². The van der Waals surface area contributed by atoms with Crippen LogP contribution < -0.4 is 10.2 Å². The van der Waals surface area contributed by atoms with Crippen LogP contribution in [0.3, 0.4) is 0 Å². The zero-order chi connectivity index (χ0) is 20.4. The summed E-state index contributed by atoms with van der Waals surface area (Å²) in [7, 11) is 1.62. The van der Waals surface area contributed by atoms with Crippen LogP contribution in [0, 0.1) is 0 Å². The first-order valence-electron chi connectivity index (χ1n) is 8.86. The number of carbonyl (C=O) groups excluding carboxylic acids is 3. The molecule has 0 fully saturated rings. The molecule has 148 valence electrons. The number of nitrogens with zero attached hydrogens (tertiary/aromatic N) is 1. The molecular weight excluding hydrogens is 376 g/mol. The number of rotatable bonds is 9. The molecule has 0 aliphatic rings. The van der Waals surface area contributed by atoms with Crippen molar-refractivity contribution in [1.29, 1.82) is 0 Å². The van der Waals surface area contributed by atoms with Crippen molar-refractivity contribution in [1.82, 2.24) is 5.32 Å². The zero-order valence-electron chi connectivity index (χ0n) is 16.0. The lowest BCUT2D eigenvalue weighted by molar-refractivity contribution is -0.149. The maximum absolute atomic E-state index is 12.5. The smallest absolute Gasteiger partial charge is 0.329 e. The highest BCUT2D eigenvalue weighted by Crippen LogP contribution is 2.11. The molecule has 0 saturated carbocycles. The van der Waals surface area contributed by atoms with E-state index in [1.54, 1.807) is 55.2 Å². The molecule has 0 radical (unpaired) electrons. The number of benzene rings is 2. The van der Waals surface area contributed by atoms with Gasteiger partial charge in [-0.05, 0) is 42.7 Å². The van der Waals surface area contributed by atoms with E-state index in [4.69, 9.17) is 4.74 Å². The van der Waals surface area contributed by atoms with E-state index in [0.717, 1.165) is 0 Å². The van der Waals surface area contributed by atoms with Gasteiger partial charge in [0.2, 0.25) is 0 Å². The Kier molecular flexibility index (Phi) is 8.55. The highest BCUT2D eigenvalue weighted by molar-refractivity contribution is 7.98. The second-order valence-electron chi connectivity index (χ2n) is 6.07. The van der Waals surface area contributed by atoms with E-state index < -0.39 is 12.0 Å². The fraction of sp³-hybridized carbons (Fsp3) is 0.286. The molecule has 6 nitrogen and oxygen atoms in total. The number of amides is 2. The van der Waals surface area contributed by atoms with Gasteiger partial charge >= 0.3 is 5.97 Å². The van der Waals surface area contributed by atoms with Gasteiger partial charge < -0.3 is 15.0 Å². The maximum Gasteiger partial charge on any atom is 0.329 e. The highest BCUT2D eigenvalue weighted by Gasteiger charge is 2.24. The molecule has 0 heterocycles. The normalized spacial score (nSPS) is 11.4. The minimum atomic E-state index is -0.810. The van der Waals surface area contributed by atoms with Gasteiger partial charge in [-0.25, -0.2) is 4.79 Å². The molecule has 2 rings (SSSR count). The third-order valence-electron chi connectivity index (χ3n) is 4.09. The lowest BCUT2D eigenvalue weighted by atomic mass is 10.1. The zero-order valence-corrected chi connectivity index (χ0v) is 16.8. The molecule has 0 saturated heterocycles. The number of esters is 1. The number of hydrogen-bond donors (Lipinski definition) is 1. The van der Waals surface area contributed by atoms with E-state index in [2.05, 4.69) is 5.32 Å². The van der Waals surface area contributed by atoms with Gasteiger partial charge in [0.1, 0.15) is 6.04 Å². The van der Waals surface area contributed by atoms with Crippen LogP contribution in [0.25, 0.3) is 0 Å². The molecule has 28 heavy (non-hydrogen) atoms. The lowest BCUT2D eigenvalue weighted by Crippen LogP contribution is -2.43. The monoisotopic (exact) mass is 400 g/mol. The largest absolute Gasteiger partial charge is 0.454 e. The Morgan fingerprint density at radius 2 is 1.64 bits per heavy atom. The van der Waals surface area contributed by atoms with Gasteiger partial charge in [0.25, 0.3) is 11.8 Å². The first kappa shape index (κ1) is 21.5. The molecule has 1 N–H and O–H groups in total. The number of likely N-dealkylation sites (N-methyl/N-ethyl adjacent to an activating group) is 1. The van der Waals surface area contributed by atoms with E-state index in [9.17, 15) is 14.4 Å². The number of para-hydroxylation sites is 1. The summed E-state index contributed by atoms with van der Waals surface area (Å²) in [6.07, 6.45) is 2.33. The van der Waals surface area contributed by atoms with Gasteiger partial charge in [0.05, 0.1) is 0 Å². The van der Waals surface area contributed by atoms with Crippen molar-refractivity contribution < 1.29 is 19.1 Å². The van der Waals surface area contributed by atoms with Crippen molar-refractivity contribution >= 4 is 35.2 Å². The molecule has 2 aromatic rings. The fourth-order valence-electron chi connectivity index (χ4n) is 2.44. The third-order valence-corrected chi connectivity index (χ3v) is 4.74. The number of thioether (sulfide) groups is 1. The summed E-state index contributed by atoms with van der Waals surface area (Å²) in [6, 6.07) is 16.9. The number of hydrogen-bond acceptors (Lipinski definition) is 5.